The van der Waals surface area contributed by atoms with Crippen LogP contribution in [0.2, 0.25) is 0 Å². The molecule has 0 atom stereocenters. The number of nitrogens with one attached hydrogen (secondary N) is 1. The zero-order chi connectivity index (χ0) is 13.0. The molecule has 0 aliphatic heterocycles. The molecule has 1 heterocycles. The molecule has 0 unspecified atom stereocenters. The standard InChI is InChI=1S/C15H18N2O/c1-11-6-7-12(2)14(9-11)18-10-13-5-4-8-17-15(13)16-3/h4-9H,10H2,1-3H3,(H,16,17). The summed E-state index contributed by atoms with van der Waals surface area (Å²) < 4.78 is 5.87. The van der Waals surface area contributed by atoms with Crippen molar-refractivity contribution in [2.24, 2.45) is 0 Å². The highest BCUT2D eigenvalue weighted by molar-refractivity contribution is 5.43. The Kier molecular flexibility index (Phi) is 3.82. The Labute approximate surface area is 108 Å². The van der Waals surface area contributed by atoms with Crippen LogP contribution in [0, 0.1) is 13.8 Å². The molecule has 0 bridgehead atoms. The smallest absolute Gasteiger partial charge is 0.132 e. The van der Waals surface area contributed by atoms with Gasteiger partial charge in [-0.2, -0.15) is 0 Å². The second kappa shape index (κ2) is 5.54. The molecule has 0 fully saturated rings. The minimum Gasteiger partial charge on any atom is -0.488 e. The lowest BCUT2D eigenvalue weighted by atomic mass is 10.1. The summed E-state index contributed by atoms with van der Waals surface area (Å²) in [5.41, 5.74) is 3.41. The van der Waals surface area contributed by atoms with Crippen LogP contribution in [0.3, 0.4) is 0 Å². The van der Waals surface area contributed by atoms with Crippen LogP contribution in [0.1, 0.15) is 16.7 Å². The second-order valence-corrected chi connectivity index (χ2v) is 4.32. The number of benzene rings is 1. The predicted molar refractivity (Wildman–Crippen MR) is 74.0 cm³/mol. The Morgan fingerprint density at radius 3 is 2.83 bits per heavy atom. The molecule has 2 aromatic rings. The molecule has 0 radical (unpaired) electrons. The van der Waals surface area contributed by atoms with Gasteiger partial charge in [-0.15, -0.1) is 0 Å². The number of rotatable bonds is 4. The van der Waals surface area contributed by atoms with Gasteiger partial charge in [-0.3, -0.25) is 0 Å². The van der Waals surface area contributed by atoms with Crippen molar-refractivity contribution in [3.63, 3.8) is 0 Å². The van der Waals surface area contributed by atoms with Gasteiger partial charge in [-0.05, 0) is 37.1 Å². The first-order chi connectivity index (χ1) is 8.70. The largest absolute Gasteiger partial charge is 0.488 e. The number of anilines is 1. The molecule has 2 rings (SSSR count). The van der Waals surface area contributed by atoms with Gasteiger partial charge in [0, 0.05) is 18.8 Å². The van der Waals surface area contributed by atoms with E-state index >= 15 is 0 Å². The van der Waals surface area contributed by atoms with Gasteiger partial charge in [0.1, 0.15) is 18.2 Å². The average molecular weight is 242 g/mol. The molecule has 0 saturated heterocycles. The van der Waals surface area contributed by atoms with E-state index in [2.05, 4.69) is 42.3 Å². The quantitative estimate of drug-likeness (QED) is 0.893. The Bertz CT molecular complexity index is 538. The van der Waals surface area contributed by atoms with Crippen LogP contribution in [0.15, 0.2) is 36.5 Å². The van der Waals surface area contributed by atoms with E-state index in [9.17, 15) is 0 Å². The maximum Gasteiger partial charge on any atom is 0.132 e. The first-order valence-electron chi connectivity index (χ1n) is 6.02. The zero-order valence-corrected chi connectivity index (χ0v) is 11.0. The van der Waals surface area contributed by atoms with E-state index in [-0.39, 0.29) is 0 Å². The lowest BCUT2D eigenvalue weighted by Gasteiger charge is -2.12. The van der Waals surface area contributed by atoms with Crippen LogP contribution in [-0.2, 0) is 6.61 Å². The first kappa shape index (κ1) is 12.4. The van der Waals surface area contributed by atoms with Crippen LogP contribution in [0.4, 0.5) is 5.82 Å². The fraction of sp³-hybridized carbons (Fsp3) is 0.267. The van der Waals surface area contributed by atoms with Crippen molar-refractivity contribution in [3.8, 4) is 5.75 Å². The van der Waals surface area contributed by atoms with Crippen molar-refractivity contribution in [1.82, 2.24) is 4.98 Å². The Balaban J connectivity index is 2.14. The Hall–Kier alpha value is -2.03. The van der Waals surface area contributed by atoms with E-state index in [0.29, 0.717) is 6.61 Å². The molecular weight excluding hydrogens is 224 g/mol. The molecule has 3 nitrogen and oxygen atoms in total. The number of nitrogens with zero attached hydrogens (tertiary/aromatic N) is 1. The fourth-order valence-electron chi connectivity index (χ4n) is 1.80. The van der Waals surface area contributed by atoms with Gasteiger partial charge in [0.25, 0.3) is 0 Å². The topological polar surface area (TPSA) is 34.2 Å². The molecular formula is C15H18N2O. The van der Waals surface area contributed by atoms with Gasteiger partial charge in [0.15, 0.2) is 0 Å². The monoisotopic (exact) mass is 242 g/mol. The Morgan fingerprint density at radius 1 is 1.22 bits per heavy atom. The van der Waals surface area contributed by atoms with E-state index in [1.54, 1.807) is 6.20 Å². The zero-order valence-electron chi connectivity index (χ0n) is 11.0. The highest BCUT2D eigenvalue weighted by atomic mass is 16.5. The van der Waals surface area contributed by atoms with Crippen molar-refractivity contribution in [2.45, 2.75) is 20.5 Å². The summed E-state index contributed by atoms with van der Waals surface area (Å²) >= 11 is 0. The number of ether oxygens (including phenoxy) is 1. The van der Waals surface area contributed by atoms with Gasteiger partial charge in [0.05, 0.1) is 0 Å². The molecule has 0 saturated carbocycles. The summed E-state index contributed by atoms with van der Waals surface area (Å²) in [6.07, 6.45) is 1.77. The van der Waals surface area contributed by atoms with E-state index in [1.165, 1.54) is 5.56 Å². The van der Waals surface area contributed by atoms with Crippen molar-refractivity contribution in [3.05, 3.63) is 53.2 Å². The third kappa shape index (κ3) is 2.80. The van der Waals surface area contributed by atoms with Crippen LogP contribution in [-0.4, -0.2) is 12.0 Å². The first-order valence-corrected chi connectivity index (χ1v) is 6.02. The van der Waals surface area contributed by atoms with Crippen LogP contribution < -0.4 is 10.1 Å². The lowest BCUT2D eigenvalue weighted by Crippen LogP contribution is -2.03. The number of aromatic nitrogens is 1. The lowest BCUT2D eigenvalue weighted by molar-refractivity contribution is 0.304. The summed E-state index contributed by atoms with van der Waals surface area (Å²) in [6, 6.07) is 10.2. The summed E-state index contributed by atoms with van der Waals surface area (Å²) in [5.74, 6) is 1.80. The Morgan fingerprint density at radius 2 is 2.06 bits per heavy atom. The number of hydrogen-bond acceptors (Lipinski definition) is 3. The molecule has 1 aromatic heterocycles. The molecule has 3 heteroatoms. The number of aryl methyl sites for hydroxylation is 2. The fourth-order valence-corrected chi connectivity index (χ4v) is 1.80. The minimum atomic E-state index is 0.522. The highest BCUT2D eigenvalue weighted by Gasteiger charge is 2.04. The van der Waals surface area contributed by atoms with Gasteiger partial charge < -0.3 is 10.1 Å². The molecule has 0 aliphatic rings. The summed E-state index contributed by atoms with van der Waals surface area (Å²) in [6.45, 7) is 4.64. The van der Waals surface area contributed by atoms with Crippen LogP contribution in [0.25, 0.3) is 0 Å². The van der Waals surface area contributed by atoms with Gasteiger partial charge in [-0.1, -0.05) is 18.2 Å². The third-order valence-electron chi connectivity index (χ3n) is 2.85. The van der Waals surface area contributed by atoms with Gasteiger partial charge in [-0.25, -0.2) is 4.98 Å². The third-order valence-corrected chi connectivity index (χ3v) is 2.85. The number of hydrogen-bond donors (Lipinski definition) is 1. The van der Waals surface area contributed by atoms with E-state index in [4.69, 9.17) is 4.74 Å². The maximum absolute atomic E-state index is 5.87. The highest BCUT2D eigenvalue weighted by Crippen LogP contribution is 2.21. The van der Waals surface area contributed by atoms with Crippen molar-refractivity contribution in [1.29, 1.82) is 0 Å². The molecule has 18 heavy (non-hydrogen) atoms. The number of pyridine rings is 1. The molecule has 1 aromatic carbocycles. The molecule has 1 N–H and O–H groups in total. The SMILES string of the molecule is CNc1ncccc1COc1cc(C)ccc1C. The normalized spacial score (nSPS) is 10.2. The van der Waals surface area contributed by atoms with Gasteiger partial charge >= 0.3 is 0 Å². The maximum atomic E-state index is 5.87. The summed E-state index contributed by atoms with van der Waals surface area (Å²) in [7, 11) is 1.86. The molecule has 0 amide bonds. The van der Waals surface area contributed by atoms with Gasteiger partial charge in [0.2, 0.25) is 0 Å². The van der Waals surface area contributed by atoms with Crippen LogP contribution >= 0.6 is 0 Å². The van der Waals surface area contributed by atoms with Crippen molar-refractivity contribution < 1.29 is 4.74 Å². The van der Waals surface area contributed by atoms with E-state index < -0.39 is 0 Å². The second-order valence-electron chi connectivity index (χ2n) is 4.32. The molecule has 94 valence electrons. The average Bonchev–Trinajstić information content (AvgIpc) is 2.40. The summed E-state index contributed by atoms with van der Waals surface area (Å²) in [4.78, 5) is 4.26. The minimum absolute atomic E-state index is 0.522. The predicted octanol–water partition coefficient (Wildman–Crippen LogP) is 3.32. The van der Waals surface area contributed by atoms with Crippen LogP contribution in [0.5, 0.6) is 5.75 Å². The molecule has 0 aliphatic carbocycles. The van der Waals surface area contributed by atoms with E-state index in [0.717, 1.165) is 22.7 Å². The summed E-state index contributed by atoms with van der Waals surface area (Å²) in [5, 5.41) is 3.07. The van der Waals surface area contributed by atoms with Crippen molar-refractivity contribution >= 4 is 5.82 Å². The molecule has 0 spiro atoms. The van der Waals surface area contributed by atoms with E-state index in [1.807, 2.05) is 19.2 Å². The van der Waals surface area contributed by atoms with Crippen molar-refractivity contribution in [2.75, 3.05) is 12.4 Å².